The van der Waals surface area contributed by atoms with Crippen LogP contribution in [0.15, 0.2) is 12.4 Å². The summed E-state index contributed by atoms with van der Waals surface area (Å²) in [5.41, 5.74) is 0.347. The number of aromatic nitrogens is 2. The van der Waals surface area contributed by atoms with Crippen molar-refractivity contribution in [3.63, 3.8) is 0 Å². The Morgan fingerprint density at radius 3 is 3.00 bits per heavy atom. The molecule has 1 fully saturated rings. The van der Waals surface area contributed by atoms with Crippen molar-refractivity contribution >= 4 is 5.82 Å². The fourth-order valence-corrected chi connectivity index (χ4v) is 1.59. The zero-order valence-corrected chi connectivity index (χ0v) is 8.55. The maximum absolute atomic E-state index is 8.60. The van der Waals surface area contributed by atoms with Crippen LogP contribution in [0.2, 0.25) is 0 Å². The van der Waals surface area contributed by atoms with Crippen molar-refractivity contribution in [1.29, 1.82) is 5.26 Å². The maximum atomic E-state index is 8.60. The average Bonchev–Trinajstić information content (AvgIpc) is 2.30. The molecule has 1 aromatic rings. The lowest BCUT2D eigenvalue weighted by atomic mass is 10.2. The number of hydrogen-bond acceptors (Lipinski definition) is 5. The average molecular weight is 204 g/mol. The first kappa shape index (κ1) is 9.87. The summed E-state index contributed by atoms with van der Waals surface area (Å²) >= 11 is 0. The minimum absolute atomic E-state index is 0.306. The number of ether oxygens (including phenoxy) is 1. The molecule has 15 heavy (non-hydrogen) atoms. The molecule has 5 nitrogen and oxygen atoms in total. The summed E-state index contributed by atoms with van der Waals surface area (Å²) in [5, 5.41) is 8.60. The van der Waals surface area contributed by atoms with Crippen LogP contribution in [0, 0.1) is 11.3 Å². The Hall–Kier alpha value is -1.67. The highest BCUT2D eigenvalue weighted by Gasteiger charge is 2.20. The van der Waals surface area contributed by atoms with Crippen molar-refractivity contribution in [2.75, 3.05) is 24.7 Å². The molecule has 0 radical (unpaired) electrons. The Kier molecular flexibility index (Phi) is 2.79. The number of nitrogens with zero attached hydrogens (tertiary/aromatic N) is 4. The second-order valence-electron chi connectivity index (χ2n) is 3.49. The standard InChI is InChI=1S/C10H12N4O/c1-8-7-15-3-2-14(8)10-6-12-9(4-11)5-13-10/h5-6,8H,2-3,7H2,1H3. The molecule has 2 rings (SSSR count). The zero-order chi connectivity index (χ0) is 10.7. The Morgan fingerprint density at radius 1 is 1.53 bits per heavy atom. The molecule has 0 N–H and O–H groups in total. The Morgan fingerprint density at radius 2 is 2.40 bits per heavy atom. The van der Waals surface area contributed by atoms with E-state index >= 15 is 0 Å². The van der Waals surface area contributed by atoms with Crippen LogP contribution < -0.4 is 4.90 Å². The SMILES string of the molecule is CC1COCCN1c1cnc(C#N)cn1. The predicted octanol–water partition coefficient (Wildman–Crippen LogP) is 0.573. The van der Waals surface area contributed by atoms with Gasteiger partial charge in [0.2, 0.25) is 0 Å². The van der Waals surface area contributed by atoms with Gasteiger partial charge < -0.3 is 9.64 Å². The lowest BCUT2D eigenvalue weighted by Crippen LogP contribution is -2.44. The van der Waals surface area contributed by atoms with E-state index in [1.807, 2.05) is 6.07 Å². The third kappa shape index (κ3) is 2.05. The van der Waals surface area contributed by atoms with Gasteiger partial charge in [-0.15, -0.1) is 0 Å². The Bertz CT molecular complexity index is 370. The summed E-state index contributed by atoms with van der Waals surface area (Å²) < 4.78 is 5.34. The van der Waals surface area contributed by atoms with Gasteiger partial charge in [-0.05, 0) is 6.92 Å². The van der Waals surface area contributed by atoms with Gasteiger partial charge in [-0.2, -0.15) is 5.26 Å². The number of rotatable bonds is 1. The molecule has 1 atom stereocenters. The molecule has 0 aliphatic carbocycles. The topological polar surface area (TPSA) is 62.0 Å². The molecule has 78 valence electrons. The van der Waals surface area contributed by atoms with Crippen molar-refractivity contribution in [2.24, 2.45) is 0 Å². The Balaban J connectivity index is 2.18. The molecule has 0 aromatic carbocycles. The zero-order valence-electron chi connectivity index (χ0n) is 8.55. The molecule has 1 saturated heterocycles. The van der Waals surface area contributed by atoms with E-state index in [0.29, 0.717) is 24.9 Å². The summed E-state index contributed by atoms with van der Waals surface area (Å²) in [5.74, 6) is 0.810. The third-order valence-electron chi connectivity index (χ3n) is 2.41. The highest BCUT2D eigenvalue weighted by molar-refractivity contribution is 5.38. The monoisotopic (exact) mass is 204 g/mol. The molecular weight excluding hydrogens is 192 g/mol. The first-order chi connectivity index (χ1) is 7.31. The van der Waals surface area contributed by atoms with Gasteiger partial charge >= 0.3 is 0 Å². The van der Waals surface area contributed by atoms with Crippen LogP contribution >= 0.6 is 0 Å². The summed E-state index contributed by atoms with van der Waals surface area (Å²) in [6, 6.07) is 2.26. The molecule has 0 bridgehead atoms. The number of nitriles is 1. The van der Waals surface area contributed by atoms with E-state index in [2.05, 4.69) is 21.8 Å². The summed E-state index contributed by atoms with van der Waals surface area (Å²) in [7, 11) is 0. The van der Waals surface area contributed by atoms with Gasteiger partial charge in [-0.25, -0.2) is 9.97 Å². The highest BCUT2D eigenvalue weighted by Crippen LogP contribution is 2.15. The van der Waals surface area contributed by atoms with E-state index in [1.165, 1.54) is 6.20 Å². The fraction of sp³-hybridized carbons (Fsp3) is 0.500. The summed E-state index contributed by atoms with van der Waals surface area (Å²) in [6.07, 6.45) is 3.14. The third-order valence-corrected chi connectivity index (χ3v) is 2.41. The van der Waals surface area contributed by atoms with Gasteiger partial charge in [0.1, 0.15) is 11.9 Å². The van der Waals surface area contributed by atoms with Gasteiger partial charge in [0.05, 0.1) is 31.6 Å². The van der Waals surface area contributed by atoms with Crippen LogP contribution in [-0.4, -0.2) is 35.8 Å². The maximum Gasteiger partial charge on any atom is 0.158 e. The van der Waals surface area contributed by atoms with Crippen molar-refractivity contribution in [2.45, 2.75) is 13.0 Å². The molecule has 1 aliphatic rings. The quantitative estimate of drug-likeness (QED) is 0.669. The molecule has 0 amide bonds. The largest absolute Gasteiger partial charge is 0.377 e. The van der Waals surface area contributed by atoms with Crippen LogP contribution in [0.25, 0.3) is 0 Å². The van der Waals surface area contributed by atoms with E-state index < -0.39 is 0 Å². The van der Waals surface area contributed by atoms with Crippen LogP contribution in [0.4, 0.5) is 5.82 Å². The Labute approximate surface area is 88.3 Å². The minimum Gasteiger partial charge on any atom is -0.377 e. The molecular formula is C10H12N4O. The van der Waals surface area contributed by atoms with E-state index in [9.17, 15) is 0 Å². The molecule has 1 unspecified atom stereocenters. The minimum atomic E-state index is 0.306. The number of hydrogen-bond donors (Lipinski definition) is 0. The van der Waals surface area contributed by atoms with Crippen molar-refractivity contribution in [3.05, 3.63) is 18.1 Å². The molecule has 5 heteroatoms. The van der Waals surface area contributed by atoms with E-state index in [-0.39, 0.29) is 0 Å². The lowest BCUT2D eigenvalue weighted by Gasteiger charge is -2.33. The molecule has 1 aromatic heterocycles. The highest BCUT2D eigenvalue weighted by atomic mass is 16.5. The molecule has 2 heterocycles. The van der Waals surface area contributed by atoms with Crippen molar-refractivity contribution in [1.82, 2.24) is 9.97 Å². The van der Waals surface area contributed by atoms with Gasteiger partial charge in [0.15, 0.2) is 5.69 Å². The van der Waals surface area contributed by atoms with Crippen LogP contribution in [0.5, 0.6) is 0 Å². The van der Waals surface area contributed by atoms with Gasteiger partial charge in [0.25, 0.3) is 0 Å². The van der Waals surface area contributed by atoms with Crippen LogP contribution in [0.1, 0.15) is 12.6 Å². The van der Waals surface area contributed by atoms with Crippen LogP contribution in [0.3, 0.4) is 0 Å². The van der Waals surface area contributed by atoms with Gasteiger partial charge in [-0.3, -0.25) is 0 Å². The number of anilines is 1. The first-order valence-electron chi connectivity index (χ1n) is 4.88. The summed E-state index contributed by atoms with van der Waals surface area (Å²) in [6.45, 7) is 4.33. The second kappa shape index (κ2) is 4.24. The normalized spacial score (nSPS) is 21.1. The first-order valence-corrected chi connectivity index (χ1v) is 4.88. The van der Waals surface area contributed by atoms with Gasteiger partial charge in [-0.1, -0.05) is 0 Å². The van der Waals surface area contributed by atoms with Crippen molar-refractivity contribution in [3.8, 4) is 6.07 Å². The van der Waals surface area contributed by atoms with Gasteiger partial charge in [0, 0.05) is 6.54 Å². The predicted molar refractivity (Wildman–Crippen MR) is 54.4 cm³/mol. The molecule has 0 saturated carbocycles. The lowest BCUT2D eigenvalue weighted by molar-refractivity contribution is 0.0985. The fourth-order valence-electron chi connectivity index (χ4n) is 1.59. The second-order valence-corrected chi connectivity index (χ2v) is 3.49. The number of morpholine rings is 1. The smallest absolute Gasteiger partial charge is 0.158 e. The van der Waals surface area contributed by atoms with Crippen LogP contribution in [-0.2, 0) is 4.74 Å². The van der Waals surface area contributed by atoms with E-state index in [1.54, 1.807) is 6.20 Å². The van der Waals surface area contributed by atoms with Crippen molar-refractivity contribution < 1.29 is 4.74 Å². The van der Waals surface area contributed by atoms with E-state index in [4.69, 9.17) is 10.00 Å². The summed E-state index contributed by atoms with van der Waals surface area (Å²) in [4.78, 5) is 10.3. The molecule has 0 spiro atoms. The molecule has 1 aliphatic heterocycles. The van der Waals surface area contributed by atoms with E-state index in [0.717, 1.165) is 12.4 Å².